The first-order valence-corrected chi connectivity index (χ1v) is 11.0. The number of phenolic OH excluding ortho intramolecular Hbond substituents is 1. The molecule has 8 heteroatoms. The standard InChI is InChI=1S/C26H27N3O5/c1-17-6-8-20(16-22(17)28-26(32)19-7-9-24(33-2)23(30)15-19)27-25(31)18-4-3-5-21(14-18)29-10-12-34-13-11-29/h3-9,14-16,30H,10-13H2,1-2H3,(H,27,31)(H,28,32). The van der Waals surface area contributed by atoms with Crippen molar-refractivity contribution in [1.82, 2.24) is 0 Å². The molecule has 34 heavy (non-hydrogen) atoms. The molecule has 0 saturated carbocycles. The number of amides is 2. The Kier molecular flexibility index (Phi) is 6.98. The third-order valence-electron chi connectivity index (χ3n) is 5.67. The monoisotopic (exact) mass is 461 g/mol. The van der Waals surface area contributed by atoms with Gasteiger partial charge in [-0.05, 0) is 61.0 Å². The number of carbonyl (C=O) groups excluding carboxylic acids is 2. The number of methoxy groups -OCH3 is 1. The smallest absolute Gasteiger partial charge is 0.255 e. The van der Waals surface area contributed by atoms with E-state index in [-0.39, 0.29) is 28.9 Å². The van der Waals surface area contributed by atoms with Gasteiger partial charge in [0, 0.05) is 41.3 Å². The SMILES string of the molecule is COc1ccc(C(=O)Nc2cc(NC(=O)c3cccc(N4CCOCC4)c3)ccc2C)cc1O. The summed E-state index contributed by atoms with van der Waals surface area (Å²) in [7, 11) is 1.44. The largest absolute Gasteiger partial charge is 0.504 e. The lowest BCUT2D eigenvalue weighted by Gasteiger charge is -2.29. The molecule has 176 valence electrons. The molecule has 1 heterocycles. The Balaban J connectivity index is 1.47. The number of nitrogens with zero attached hydrogens (tertiary/aromatic N) is 1. The average molecular weight is 462 g/mol. The minimum absolute atomic E-state index is 0.118. The van der Waals surface area contributed by atoms with Crippen LogP contribution in [0.2, 0.25) is 0 Å². The van der Waals surface area contributed by atoms with Gasteiger partial charge in [0.15, 0.2) is 11.5 Å². The van der Waals surface area contributed by atoms with E-state index in [1.165, 1.54) is 19.2 Å². The predicted octanol–water partition coefficient (Wildman–Crippen LogP) is 4.05. The number of benzene rings is 3. The zero-order valence-corrected chi connectivity index (χ0v) is 19.1. The molecule has 0 aliphatic carbocycles. The van der Waals surface area contributed by atoms with Gasteiger partial charge >= 0.3 is 0 Å². The molecular weight excluding hydrogens is 434 g/mol. The van der Waals surface area contributed by atoms with Gasteiger partial charge in [-0.1, -0.05) is 12.1 Å². The Labute approximate surface area is 198 Å². The minimum Gasteiger partial charge on any atom is -0.504 e. The molecule has 3 N–H and O–H groups in total. The second-order valence-corrected chi connectivity index (χ2v) is 7.97. The van der Waals surface area contributed by atoms with Crippen LogP contribution in [0.25, 0.3) is 0 Å². The summed E-state index contributed by atoms with van der Waals surface area (Å²) >= 11 is 0. The van der Waals surface area contributed by atoms with Crippen molar-refractivity contribution in [3.8, 4) is 11.5 Å². The van der Waals surface area contributed by atoms with Crippen molar-refractivity contribution in [1.29, 1.82) is 0 Å². The molecule has 0 bridgehead atoms. The molecule has 4 rings (SSSR count). The second kappa shape index (κ2) is 10.3. The Bertz CT molecular complexity index is 1200. The van der Waals surface area contributed by atoms with E-state index in [0.29, 0.717) is 30.2 Å². The van der Waals surface area contributed by atoms with E-state index in [2.05, 4.69) is 15.5 Å². The number of morpholine rings is 1. The van der Waals surface area contributed by atoms with Crippen LogP contribution in [-0.4, -0.2) is 50.3 Å². The highest BCUT2D eigenvalue weighted by Crippen LogP contribution is 2.27. The third-order valence-corrected chi connectivity index (χ3v) is 5.67. The van der Waals surface area contributed by atoms with Gasteiger partial charge in [0.25, 0.3) is 11.8 Å². The van der Waals surface area contributed by atoms with Crippen molar-refractivity contribution in [2.75, 3.05) is 48.9 Å². The Morgan fingerprint density at radius 3 is 2.41 bits per heavy atom. The number of anilines is 3. The van der Waals surface area contributed by atoms with Crippen molar-refractivity contribution in [2.45, 2.75) is 6.92 Å². The lowest BCUT2D eigenvalue weighted by Crippen LogP contribution is -2.36. The minimum atomic E-state index is -0.386. The fourth-order valence-electron chi connectivity index (χ4n) is 3.73. The maximum absolute atomic E-state index is 12.9. The second-order valence-electron chi connectivity index (χ2n) is 7.97. The van der Waals surface area contributed by atoms with Gasteiger partial charge in [0.2, 0.25) is 0 Å². The first-order chi connectivity index (χ1) is 16.4. The highest BCUT2D eigenvalue weighted by molar-refractivity contribution is 6.07. The summed E-state index contributed by atoms with van der Waals surface area (Å²) < 4.78 is 10.4. The third kappa shape index (κ3) is 5.29. The summed E-state index contributed by atoms with van der Waals surface area (Å²) in [5.41, 5.74) is 3.75. The predicted molar refractivity (Wildman–Crippen MR) is 131 cm³/mol. The van der Waals surface area contributed by atoms with Crippen LogP contribution in [0, 0.1) is 6.92 Å². The molecule has 0 unspecified atom stereocenters. The highest BCUT2D eigenvalue weighted by atomic mass is 16.5. The van der Waals surface area contributed by atoms with Gasteiger partial charge in [0.1, 0.15) is 0 Å². The summed E-state index contributed by atoms with van der Waals surface area (Å²) in [6, 6.07) is 17.2. The number of aromatic hydroxyl groups is 1. The number of hydrogen-bond donors (Lipinski definition) is 3. The van der Waals surface area contributed by atoms with Gasteiger partial charge in [0.05, 0.1) is 20.3 Å². The van der Waals surface area contributed by atoms with Crippen molar-refractivity contribution >= 4 is 28.9 Å². The highest BCUT2D eigenvalue weighted by Gasteiger charge is 2.15. The molecule has 1 fully saturated rings. The summed E-state index contributed by atoms with van der Waals surface area (Å²) in [5, 5.41) is 15.7. The Morgan fingerprint density at radius 1 is 0.941 bits per heavy atom. The molecule has 8 nitrogen and oxygen atoms in total. The number of rotatable bonds is 6. The van der Waals surface area contributed by atoms with Gasteiger partial charge in [-0.15, -0.1) is 0 Å². The molecule has 1 saturated heterocycles. The van der Waals surface area contributed by atoms with Crippen molar-refractivity contribution in [2.24, 2.45) is 0 Å². The van der Waals surface area contributed by atoms with Crippen LogP contribution in [0.4, 0.5) is 17.1 Å². The summed E-state index contributed by atoms with van der Waals surface area (Å²) in [4.78, 5) is 27.8. The van der Waals surface area contributed by atoms with E-state index in [4.69, 9.17) is 9.47 Å². The number of carbonyl (C=O) groups is 2. The molecule has 1 aliphatic heterocycles. The molecule has 1 aliphatic rings. The summed E-state index contributed by atoms with van der Waals surface area (Å²) in [6.45, 7) is 4.78. The van der Waals surface area contributed by atoms with E-state index >= 15 is 0 Å². The molecule has 0 radical (unpaired) electrons. The van der Waals surface area contributed by atoms with Gasteiger partial charge < -0.3 is 30.1 Å². The van der Waals surface area contributed by atoms with E-state index in [1.807, 2.05) is 31.2 Å². The van der Waals surface area contributed by atoms with E-state index in [0.717, 1.165) is 24.3 Å². The molecule has 3 aromatic rings. The molecule has 0 aromatic heterocycles. The zero-order valence-electron chi connectivity index (χ0n) is 19.1. The van der Waals surface area contributed by atoms with Gasteiger partial charge in [-0.25, -0.2) is 0 Å². The quantitative estimate of drug-likeness (QED) is 0.512. The van der Waals surface area contributed by atoms with Crippen LogP contribution in [0.1, 0.15) is 26.3 Å². The molecule has 3 aromatic carbocycles. The molecule has 2 amide bonds. The molecule has 0 atom stereocenters. The maximum atomic E-state index is 12.9. The normalized spacial score (nSPS) is 13.3. The van der Waals surface area contributed by atoms with Crippen LogP contribution in [0.15, 0.2) is 60.7 Å². The summed E-state index contributed by atoms with van der Waals surface area (Å²) in [6.07, 6.45) is 0. The number of phenols is 1. The zero-order chi connectivity index (χ0) is 24.1. The van der Waals surface area contributed by atoms with Crippen LogP contribution in [0.5, 0.6) is 11.5 Å². The van der Waals surface area contributed by atoms with Crippen LogP contribution in [-0.2, 0) is 4.74 Å². The fraction of sp³-hybridized carbons (Fsp3) is 0.231. The lowest BCUT2D eigenvalue weighted by atomic mass is 10.1. The fourth-order valence-corrected chi connectivity index (χ4v) is 3.73. The van der Waals surface area contributed by atoms with Crippen molar-refractivity contribution in [3.05, 3.63) is 77.4 Å². The number of aryl methyl sites for hydroxylation is 1. The van der Waals surface area contributed by atoms with Crippen LogP contribution in [0.3, 0.4) is 0 Å². The van der Waals surface area contributed by atoms with Crippen molar-refractivity contribution in [3.63, 3.8) is 0 Å². The Morgan fingerprint density at radius 2 is 1.68 bits per heavy atom. The lowest BCUT2D eigenvalue weighted by molar-refractivity contribution is 0.101. The van der Waals surface area contributed by atoms with E-state index < -0.39 is 0 Å². The van der Waals surface area contributed by atoms with Gasteiger partial charge in [-0.3, -0.25) is 9.59 Å². The first kappa shape index (κ1) is 23.1. The number of ether oxygens (including phenoxy) is 2. The first-order valence-electron chi connectivity index (χ1n) is 11.0. The summed E-state index contributed by atoms with van der Waals surface area (Å²) in [5.74, 6) is -0.457. The topological polar surface area (TPSA) is 100 Å². The van der Waals surface area contributed by atoms with E-state index in [9.17, 15) is 14.7 Å². The van der Waals surface area contributed by atoms with Crippen LogP contribution >= 0.6 is 0 Å². The average Bonchev–Trinajstić information content (AvgIpc) is 2.86. The number of hydrogen-bond acceptors (Lipinski definition) is 6. The van der Waals surface area contributed by atoms with Crippen molar-refractivity contribution < 1.29 is 24.2 Å². The molecular formula is C26H27N3O5. The number of nitrogens with one attached hydrogen (secondary N) is 2. The maximum Gasteiger partial charge on any atom is 0.255 e. The van der Waals surface area contributed by atoms with Gasteiger partial charge in [-0.2, -0.15) is 0 Å². The van der Waals surface area contributed by atoms with E-state index in [1.54, 1.807) is 24.3 Å². The van der Waals surface area contributed by atoms with Crippen LogP contribution < -0.4 is 20.3 Å². The Hall–Kier alpha value is -4.04. The molecule has 0 spiro atoms.